The van der Waals surface area contributed by atoms with E-state index in [1.54, 1.807) is 0 Å². The van der Waals surface area contributed by atoms with Crippen molar-refractivity contribution in [1.82, 2.24) is 5.32 Å². The van der Waals surface area contributed by atoms with Gasteiger partial charge < -0.3 is 5.32 Å². The Morgan fingerprint density at radius 1 is 1.05 bits per heavy atom. The summed E-state index contributed by atoms with van der Waals surface area (Å²) in [7, 11) is 0. The van der Waals surface area contributed by atoms with Gasteiger partial charge in [0.15, 0.2) is 0 Å². The molecule has 1 heteroatoms. The minimum atomic E-state index is 0.253. The fraction of sp³-hybridized carbons (Fsp3) is 0.684. The van der Waals surface area contributed by atoms with E-state index in [9.17, 15) is 0 Å². The Labute approximate surface area is 125 Å². The van der Waals surface area contributed by atoms with Crippen LogP contribution < -0.4 is 5.32 Å². The Morgan fingerprint density at radius 3 is 2.15 bits per heavy atom. The summed E-state index contributed by atoms with van der Waals surface area (Å²) in [6, 6.07) is 12.1. The van der Waals surface area contributed by atoms with Crippen molar-refractivity contribution in [1.29, 1.82) is 0 Å². The van der Waals surface area contributed by atoms with Crippen LogP contribution in [0.25, 0.3) is 0 Å². The van der Waals surface area contributed by atoms with E-state index in [1.165, 1.54) is 37.7 Å². The van der Waals surface area contributed by atoms with Gasteiger partial charge in [-0.1, -0.05) is 64.4 Å². The van der Waals surface area contributed by atoms with Crippen molar-refractivity contribution in [2.45, 2.75) is 71.9 Å². The van der Waals surface area contributed by atoms with E-state index < -0.39 is 0 Å². The normalized spacial score (nSPS) is 25.4. The van der Waals surface area contributed by atoms with Crippen molar-refractivity contribution in [2.24, 2.45) is 11.3 Å². The summed E-state index contributed by atoms with van der Waals surface area (Å²) < 4.78 is 0. The quantitative estimate of drug-likeness (QED) is 0.781. The van der Waals surface area contributed by atoms with Crippen LogP contribution in [0.2, 0.25) is 0 Å². The third-order valence-electron chi connectivity index (χ3n) is 4.83. The van der Waals surface area contributed by atoms with Crippen LogP contribution in [0.3, 0.4) is 0 Å². The van der Waals surface area contributed by atoms with Crippen molar-refractivity contribution in [2.75, 3.05) is 0 Å². The molecule has 1 unspecified atom stereocenters. The highest BCUT2D eigenvalue weighted by molar-refractivity contribution is 5.21. The zero-order valence-corrected chi connectivity index (χ0v) is 13.7. The van der Waals surface area contributed by atoms with Gasteiger partial charge in [-0.25, -0.2) is 0 Å². The van der Waals surface area contributed by atoms with Crippen molar-refractivity contribution < 1.29 is 0 Å². The van der Waals surface area contributed by atoms with Gasteiger partial charge in [0.25, 0.3) is 0 Å². The fourth-order valence-corrected chi connectivity index (χ4v) is 3.46. The van der Waals surface area contributed by atoms with Crippen LogP contribution >= 0.6 is 0 Å². The van der Waals surface area contributed by atoms with Crippen LogP contribution in [0, 0.1) is 11.3 Å². The predicted molar refractivity (Wildman–Crippen MR) is 87.8 cm³/mol. The third-order valence-corrected chi connectivity index (χ3v) is 4.83. The second kappa shape index (κ2) is 6.76. The lowest BCUT2D eigenvalue weighted by Crippen LogP contribution is -2.41. The van der Waals surface area contributed by atoms with Crippen LogP contribution in [0.1, 0.15) is 71.4 Å². The number of hydrogen-bond donors (Lipinski definition) is 1. The van der Waals surface area contributed by atoms with E-state index in [0.29, 0.717) is 12.1 Å². The monoisotopic (exact) mass is 273 g/mol. The zero-order chi connectivity index (χ0) is 14.6. The zero-order valence-electron chi connectivity index (χ0n) is 13.7. The molecule has 1 aromatic rings. The van der Waals surface area contributed by atoms with Crippen LogP contribution in [0.4, 0.5) is 0 Å². The Balaban J connectivity index is 2.03. The Bertz CT molecular complexity index is 382. The van der Waals surface area contributed by atoms with Gasteiger partial charge in [-0.2, -0.15) is 0 Å². The summed E-state index contributed by atoms with van der Waals surface area (Å²) in [6.07, 6.45) is 6.85. The van der Waals surface area contributed by atoms with Gasteiger partial charge >= 0.3 is 0 Å². The van der Waals surface area contributed by atoms with Gasteiger partial charge in [-0.3, -0.25) is 0 Å². The van der Waals surface area contributed by atoms with Gasteiger partial charge in [0.1, 0.15) is 0 Å². The molecule has 0 radical (unpaired) electrons. The highest BCUT2D eigenvalue weighted by Gasteiger charge is 2.29. The van der Waals surface area contributed by atoms with Gasteiger partial charge in [0.2, 0.25) is 0 Å². The molecule has 0 saturated heterocycles. The second-order valence-corrected chi connectivity index (χ2v) is 7.50. The molecule has 1 atom stereocenters. The van der Waals surface area contributed by atoms with E-state index in [2.05, 4.69) is 63.3 Å². The second-order valence-electron chi connectivity index (χ2n) is 7.50. The lowest BCUT2D eigenvalue weighted by atomic mass is 9.79. The molecule has 1 nitrogen and oxygen atoms in total. The molecule has 1 saturated carbocycles. The van der Waals surface area contributed by atoms with Crippen LogP contribution in [-0.2, 0) is 0 Å². The Hall–Kier alpha value is -0.820. The van der Waals surface area contributed by atoms with E-state index in [-0.39, 0.29) is 5.41 Å². The number of nitrogens with one attached hydrogen (secondary N) is 1. The highest BCUT2D eigenvalue weighted by atomic mass is 15.0. The van der Waals surface area contributed by atoms with E-state index in [0.717, 1.165) is 5.92 Å². The topological polar surface area (TPSA) is 12.0 Å². The molecule has 1 aliphatic carbocycles. The maximum absolute atomic E-state index is 3.96. The first-order valence-electron chi connectivity index (χ1n) is 8.31. The lowest BCUT2D eigenvalue weighted by molar-refractivity contribution is 0.206. The average Bonchev–Trinajstić information content (AvgIpc) is 2.45. The van der Waals surface area contributed by atoms with E-state index in [4.69, 9.17) is 0 Å². The Morgan fingerprint density at radius 2 is 1.65 bits per heavy atom. The standard InChI is InChI=1S/C19H31N/c1-5-15-11-13-17(14-12-15)20-18(19(2,3)4)16-9-7-6-8-10-16/h6-10,15,17-18,20H,5,11-14H2,1-4H3. The predicted octanol–water partition coefficient (Wildman–Crippen LogP) is 5.33. The van der Waals surface area contributed by atoms with E-state index in [1.807, 2.05) is 0 Å². The minimum Gasteiger partial charge on any atom is -0.307 e. The molecule has 1 aliphatic rings. The highest BCUT2D eigenvalue weighted by Crippen LogP contribution is 2.35. The Kier molecular flexibility index (Phi) is 5.26. The largest absolute Gasteiger partial charge is 0.307 e. The smallest absolute Gasteiger partial charge is 0.0371 e. The first-order valence-corrected chi connectivity index (χ1v) is 8.31. The summed E-state index contributed by atoms with van der Waals surface area (Å²) in [4.78, 5) is 0. The van der Waals surface area contributed by atoms with Gasteiger partial charge in [-0.15, -0.1) is 0 Å². The first kappa shape index (κ1) is 15.6. The van der Waals surface area contributed by atoms with Gasteiger partial charge in [0, 0.05) is 12.1 Å². The molecule has 0 heterocycles. The minimum absolute atomic E-state index is 0.253. The maximum atomic E-state index is 3.96. The molecule has 1 fully saturated rings. The number of hydrogen-bond acceptors (Lipinski definition) is 1. The summed E-state index contributed by atoms with van der Waals surface area (Å²) in [5.74, 6) is 0.970. The fourth-order valence-electron chi connectivity index (χ4n) is 3.46. The molecule has 1 N–H and O–H groups in total. The molecular formula is C19H31N. The van der Waals surface area contributed by atoms with Crippen molar-refractivity contribution in [3.63, 3.8) is 0 Å². The van der Waals surface area contributed by atoms with Gasteiger partial charge in [-0.05, 0) is 42.6 Å². The molecule has 1 aromatic carbocycles. The molecule has 2 rings (SSSR count). The maximum Gasteiger partial charge on any atom is 0.0371 e. The molecule has 0 aromatic heterocycles. The van der Waals surface area contributed by atoms with Crippen molar-refractivity contribution >= 4 is 0 Å². The average molecular weight is 273 g/mol. The lowest BCUT2D eigenvalue weighted by Gasteiger charge is -2.38. The molecule has 0 spiro atoms. The summed E-state index contributed by atoms with van der Waals surface area (Å²) in [5, 5.41) is 3.96. The molecule has 0 bridgehead atoms. The number of benzene rings is 1. The van der Waals surface area contributed by atoms with Crippen molar-refractivity contribution in [3.05, 3.63) is 35.9 Å². The van der Waals surface area contributed by atoms with Crippen molar-refractivity contribution in [3.8, 4) is 0 Å². The SMILES string of the molecule is CCC1CCC(NC(c2ccccc2)C(C)(C)C)CC1. The van der Waals surface area contributed by atoms with Crippen LogP contribution in [-0.4, -0.2) is 6.04 Å². The third kappa shape index (κ3) is 4.09. The molecular weight excluding hydrogens is 242 g/mol. The van der Waals surface area contributed by atoms with Crippen LogP contribution in [0.5, 0.6) is 0 Å². The molecule has 0 amide bonds. The van der Waals surface area contributed by atoms with Gasteiger partial charge in [0.05, 0.1) is 0 Å². The summed E-state index contributed by atoms with van der Waals surface area (Å²) >= 11 is 0. The summed E-state index contributed by atoms with van der Waals surface area (Å²) in [6.45, 7) is 9.36. The number of rotatable bonds is 4. The molecule has 0 aliphatic heterocycles. The van der Waals surface area contributed by atoms with E-state index >= 15 is 0 Å². The van der Waals surface area contributed by atoms with Crippen LogP contribution in [0.15, 0.2) is 30.3 Å². The first-order chi connectivity index (χ1) is 9.50. The molecule has 112 valence electrons. The summed E-state index contributed by atoms with van der Waals surface area (Å²) in [5.41, 5.74) is 1.68. The molecule has 20 heavy (non-hydrogen) atoms.